The molecule has 0 bridgehead atoms. The maximum atomic E-state index is 12.7. The van der Waals surface area contributed by atoms with E-state index in [-0.39, 0.29) is 5.91 Å². The average Bonchev–Trinajstić information content (AvgIpc) is 3.04. The van der Waals surface area contributed by atoms with Crippen molar-refractivity contribution in [1.29, 1.82) is 0 Å². The van der Waals surface area contributed by atoms with E-state index in [0.29, 0.717) is 6.54 Å². The lowest BCUT2D eigenvalue weighted by Gasteiger charge is -2.23. The van der Waals surface area contributed by atoms with Crippen molar-refractivity contribution < 1.29 is 4.79 Å². The second kappa shape index (κ2) is 6.91. The second-order valence-electron chi connectivity index (χ2n) is 6.72. The molecule has 0 aliphatic heterocycles. The Balaban J connectivity index is 1.61. The molecular weight excluding hydrogens is 296 g/mol. The first kappa shape index (κ1) is 16.3. The van der Waals surface area contributed by atoms with Gasteiger partial charge < -0.3 is 10.3 Å². The molecule has 0 atom stereocenters. The lowest BCUT2D eigenvalue weighted by atomic mass is 9.83. The monoisotopic (exact) mass is 320 g/mol. The Kier molecular flexibility index (Phi) is 4.70. The van der Waals surface area contributed by atoms with Gasteiger partial charge in [0.05, 0.1) is 5.41 Å². The summed E-state index contributed by atoms with van der Waals surface area (Å²) in [5, 5.41) is 4.21. The summed E-state index contributed by atoms with van der Waals surface area (Å²) in [6.07, 6.45) is 3.88. The number of H-pyrrole nitrogens is 1. The Morgan fingerprint density at radius 1 is 1.04 bits per heavy atom. The zero-order valence-corrected chi connectivity index (χ0v) is 14.3. The highest BCUT2D eigenvalue weighted by molar-refractivity contribution is 5.94. The molecule has 3 nitrogen and oxygen atoms in total. The molecule has 124 valence electrons. The van der Waals surface area contributed by atoms with Crippen LogP contribution in [0.5, 0.6) is 0 Å². The van der Waals surface area contributed by atoms with Gasteiger partial charge in [0.15, 0.2) is 0 Å². The predicted octanol–water partition coefficient (Wildman–Crippen LogP) is 4.19. The van der Waals surface area contributed by atoms with Gasteiger partial charge in [-0.2, -0.15) is 0 Å². The van der Waals surface area contributed by atoms with Gasteiger partial charge in [-0.15, -0.1) is 0 Å². The number of para-hydroxylation sites is 1. The fraction of sp³-hybridized carbons (Fsp3) is 0.286. The zero-order chi connectivity index (χ0) is 17.0. The summed E-state index contributed by atoms with van der Waals surface area (Å²) < 4.78 is 0. The molecule has 0 spiro atoms. The molecule has 0 radical (unpaired) electrons. The van der Waals surface area contributed by atoms with Gasteiger partial charge in [0.25, 0.3) is 0 Å². The molecule has 0 fully saturated rings. The van der Waals surface area contributed by atoms with Crippen LogP contribution in [0.2, 0.25) is 0 Å². The van der Waals surface area contributed by atoms with Crippen molar-refractivity contribution in [2.45, 2.75) is 32.1 Å². The summed E-state index contributed by atoms with van der Waals surface area (Å²) >= 11 is 0. The zero-order valence-electron chi connectivity index (χ0n) is 14.3. The average molecular weight is 320 g/mol. The van der Waals surface area contributed by atoms with Gasteiger partial charge in [-0.3, -0.25) is 4.79 Å². The SMILES string of the molecule is CC(C)(C(=O)NCCCc1ccccc1)c1c[nH]c2ccccc12. The smallest absolute Gasteiger partial charge is 0.230 e. The first-order chi connectivity index (χ1) is 11.6. The van der Waals surface area contributed by atoms with Gasteiger partial charge in [0, 0.05) is 23.6 Å². The number of amides is 1. The number of benzene rings is 2. The van der Waals surface area contributed by atoms with Crippen molar-refractivity contribution in [1.82, 2.24) is 10.3 Å². The number of hydrogen-bond donors (Lipinski definition) is 2. The van der Waals surface area contributed by atoms with Gasteiger partial charge >= 0.3 is 0 Å². The van der Waals surface area contributed by atoms with Crippen molar-refractivity contribution >= 4 is 16.8 Å². The molecule has 1 amide bonds. The quantitative estimate of drug-likeness (QED) is 0.657. The fourth-order valence-electron chi connectivity index (χ4n) is 3.07. The van der Waals surface area contributed by atoms with Crippen LogP contribution in [-0.2, 0) is 16.6 Å². The lowest BCUT2D eigenvalue weighted by Crippen LogP contribution is -2.40. The highest BCUT2D eigenvalue weighted by Crippen LogP contribution is 2.30. The van der Waals surface area contributed by atoms with Gasteiger partial charge in [-0.25, -0.2) is 0 Å². The molecule has 24 heavy (non-hydrogen) atoms. The summed E-state index contributed by atoms with van der Waals surface area (Å²) in [5.74, 6) is 0.0697. The van der Waals surface area contributed by atoms with E-state index in [4.69, 9.17) is 0 Å². The molecule has 3 aromatic rings. The Labute approximate surface area is 143 Å². The van der Waals surface area contributed by atoms with E-state index in [1.54, 1.807) is 0 Å². The summed E-state index contributed by atoms with van der Waals surface area (Å²) in [6, 6.07) is 18.5. The number of aryl methyl sites for hydroxylation is 1. The van der Waals surface area contributed by atoms with Crippen LogP contribution in [0.3, 0.4) is 0 Å². The minimum Gasteiger partial charge on any atom is -0.361 e. The predicted molar refractivity (Wildman–Crippen MR) is 99.1 cm³/mol. The van der Waals surface area contributed by atoms with E-state index in [1.807, 2.05) is 56.4 Å². The summed E-state index contributed by atoms with van der Waals surface area (Å²) in [5.41, 5.74) is 2.85. The Bertz CT molecular complexity index is 818. The third-order valence-corrected chi connectivity index (χ3v) is 4.60. The van der Waals surface area contributed by atoms with E-state index in [2.05, 4.69) is 28.5 Å². The summed E-state index contributed by atoms with van der Waals surface area (Å²) in [7, 11) is 0. The first-order valence-corrected chi connectivity index (χ1v) is 8.48. The summed E-state index contributed by atoms with van der Waals surface area (Å²) in [4.78, 5) is 16.0. The Hall–Kier alpha value is -2.55. The minimum atomic E-state index is -0.563. The van der Waals surface area contributed by atoms with E-state index >= 15 is 0 Å². The minimum absolute atomic E-state index is 0.0697. The normalized spacial score (nSPS) is 11.6. The molecule has 1 aromatic heterocycles. The number of carbonyl (C=O) groups is 1. The molecule has 0 unspecified atom stereocenters. The number of nitrogens with one attached hydrogen (secondary N) is 2. The van der Waals surface area contributed by atoms with Crippen LogP contribution >= 0.6 is 0 Å². The van der Waals surface area contributed by atoms with Crippen LogP contribution in [0.25, 0.3) is 10.9 Å². The van der Waals surface area contributed by atoms with E-state index in [1.165, 1.54) is 5.56 Å². The highest BCUT2D eigenvalue weighted by atomic mass is 16.2. The third-order valence-electron chi connectivity index (χ3n) is 4.60. The molecule has 0 aliphatic carbocycles. The summed E-state index contributed by atoms with van der Waals surface area (Å²) in [6.45, 7) is 4.66. The molecule has 2 N–H and O–H groups in total. The van der Waals surface area contributed by atoms with Crippen LogP contribution in [0.1, 0.15) is 31.4 Å². The second-order valence-corrected chi connectivity index (χ2v) is 6.72. The van der Waals surface area contributed by atoms with Gasteiger partial charge in [0.2, 0.25) is 5.91 Å². The Morgan fingerprint density at radius 3 is 2.54 bits per heavy atom. The van der Waals surface area contributed by atoms with E-state index < -0.39 is 5.41 Å². The first-order valence-electron chi connectivity index (χ1n) is 8.48. The Morgan fingerprint density at radius 2 is 1.75 bits per heavy atom. The van der Waals surface area contributed by atoms with Crippen LogP contribution in [0.4, 0.5) is 0 Å². The van der Waals surface area contributed by atoms with Crippen molar-refractivity contribution in [3.05, 3.63) is 71.9 Å². The standard InChI is InChI=1S/C21H24N2O/c1-21(2,18-15-23-19-13-7-6-12-17(18)19)20(24)22-14-8-11-16-9-4-3-5-10-16/h3-7,9-10,12-13,15,23H,8,11,14H2,1-2H3,(H,22,24). The van der Waals surface area contributed by atoms with Crippen LogP contribution in [0.15, 0.2) is 60.8 Å². The molecule has 0 saturated carbocycles. The molecule has 3 heteroatoms. The highest BCUT2D eigenvalue weighted by Gasteiger charge is 2.31. The van der Waals surface area contributed by atoms with Crippen LogP contribution < -0.4 is 5.32 Å². The topological polar surface area (TPSA) is 44.9 Å². The number of hydrogen-bond acceptors (Lipinski definition) is 1. The van der Waals surface area contributed by atoms with Crippen LogP contribution in [0, 0.1) is 0 Å². The van der Waals surface area contributed by atoms with Crippen molar-refractivity contribution in [2.24, 2.45) is 0 Å². The van der Waals surface area contributed by atoms with Gasteiger partial charge in [-0.1, -0.05) is 48.5 Å². The van der Waals surface area contributed by atoms with Gasteiger partial charge in [-0.05, 0) is 43.9 Å². The number of aromatic amines is 1. The molecule has 2 aromatic carbocycles. The number of aromatic nitrogens is 1. The molecule has 0 aliphatic rings. The van der Waals surface area contributed by atoms with Gasteiger partial charge in [0.1, 0.15) is 0 Å². The number of fused-ring (bicyclic) bond motifs is 1. The van der Waals surface area contributed by atoms with Crippen molar-refractivity contribution in [3.63, 3.8) is 0 Å². The van der Waals surface area contributed by atoms with Crippen LogP contribution in [-0.4, -0.2) is 17.4 Å². The lowest BCUT2D eigenvalue weighted by molar-refractivity contribution is -0.125. The fourth-order valence-corrected chi connectivity index (χ4v) is 3.07. The molecule has 1 heterocycles. The third kappa shape index (κ3) is 3.35. The largest absolute Gasteiger partial charge is 0.361 e. The number of carbonyl (C=O) groups excluding carboxylic acids is 1. The maximum Gasteiger partial charge on any atom is 0.230 e. The van der Waals surface area contributed by atoms with E-state index in [9.17, 15) is 4.79 Å². The number of rotatable bonds is 6. The maximum absolute atomic E-state index is 12.7. The van der Waals surface area contributed by atoms with E-state index in [0.717, 1.165) is 29.3 Å². The van der Waals surface area contributed by atoms with Crippen molar-refractivity contribution in [2.75, 3.05) is 6.54 Å². The van der Waals surface area contributed by atoms with Crippen molar-refractivity contribution in [3.8, 4) is 0 Å². The molecule has 0 saturated heterocycles. The molecular formula is C21H24N2O. The molecule has 3 rings (SSSR count).